The van der Waals surface area contributed by atoms with E-state index in [0.717, 1.165) is 18.4 Å². The predicted molar refractivity (Wildman–Crippen MR) is 74.6 cm³/mol. The van der Waals surface area contributed by atoms with E-state index in [1.807, 2.05) is 6.92 Å². The second-order valence-corrected chi connectivity index (χ2v) is 4.93. The third kappa shape index (κ3) is 2.46. The summed E-state index contributed by atoms with van der Waals surface area (Å²) in [6, 6.07) is 5.22. The maximum absolute atomic E-state index is 12.2. The van der Waals surface area contributed by atoms with Crippen LogP contribution in [-0.2, 0) is 12.8 Å². The Kier molecular flexibility index (Phi) is 3.56. The van der Waals surface area contributed by atoms with Crippen molar-refractivity contribution in [3.05, 3.63) is 47.2 Å². The molecule has 1 aromatic carbocycles. The van der Waals surface area contributed by atoms with E-state index >= 15 is 0 Å². The van der Waals surface area contributed by atoms with Crippen LogP contribution in [0.1, 0.15) is 51.9 Å². The first-order valence-corrected chi connectivity index (χ1v) is 7.00. The number of esters is 1. The van der Waals surface area contributed by atoms with Gasteiger partial charge in [-0.05, 0) is 18.9 Å². The first-order chi connectivity index (χ1) is 10.2. The Labute approximate surface area is 121 Å². The Morgan fingerprint density at radius 3 is 3.05 bits per heavy atom. The molecule has 3 rings (SSSR count). The van der Waals surface area contributed by atoms with Crippen molar-refractivity contribution in [2.45, 2.75) is 32.6 Å². The zero-order valence-corrected chi connectivity index (χ0v) is 11.7. The van der Waals surface area contributed by atoms with Gasteiger partial charge in [0.2, 0.25) is 0 Å². The van der Waals surface area contributed by atoms with E-state index < -0.39 is 5.97 Å². The lowest BCUT2D eigenvalue weighted by Crippen LogP contribution is -2.16. The van der Waals surface area contributed by atoms with Crippen molar-refractivity contribution in [2.75, 3.05) is 0 Å². The highest BCUT2D eigenvalue weighted by Crippen LogP contribution is 2.30. The molecule has 1 aliphatic carbocycles. The molecule has 1 heterocycles. The van der Waals surface area contributed by atoms with Crippen LogP contribution in [0.3, 0.4) is 0 Å². The van der Waals surface area contributed by atoms with E-state index in [0.29, 0.717) is 29.9 Å². The maximum atomic E-state index is 12.2. The Hall–Kier alpha value is -2.43. The van der Waals surface area contributed by atoms with Gasteiger partial charge in [-0.25, -0.2) is 9.78 Å². The number of aryl methyl sites for hydroxylation is 1. The van der Waals surface area contributed by atoms with E-state index in [1.165, 1.54) is 6.39 Å². The molecule has 0 N–H and O–H groups in total. The summed E-state index contributed by atoms with van der Waals surface area (Å²) in [5, 5.41) is 0. The van der Waals surface area contributed by atoms with Crippen LogP contribution in [0.5, 0.6) is 5.75 Å². The molecule has 5 nitrogen and oxygen atoms in total. The van der Waals surface area contributed by atoms with Gasteiger partial charge in [-0.3, -0.25) is 4.79 Å². The second kappa shape index (κ2) is 5.52. The molecule has 1 aliphatic rings. The molecule has 1 aromatic heterocycles. The molecule has 0 radical (unpaired) electrons. The van der Waals surface area contributed by atoms with Gasteiger partial charge in [0, 0.05) is 24.0 Å². The van der Waals surface area contributed by atoms with E-state index in [9.17, 15) is 9.59 Å². The van der Waals surface area contributed by atoms with Gasteiger partial charge in [0.25, 0.3) is 0 Å². The molecule has 0 bridgehead atoms. The fourth-order valence-corrected chi connectivity index (χ4v) is 2.58. The average molecular weight is 285 g/mol. The zero-order valence-electron chi connectivity index (χ0n) is 11.7. The molecule has 0 saturated carbocycles. The fourth-order valence-electron chi connectivity index (χ4n) is 2.58. The van der Waals surface area contributed by atoms with Gasteiger partial charge < -0.3 is 9.15 Å². The SMILES string of the molecule is CCc1ocnc1C(=O)Oc1cccc2c1CCCC2=O. The van der Waals surface area contributed by atoms with Crippen molar-refractivity contribution in [2.24, 2.45) is 0 Å². The number of hydrogen-bond donors (Lipinski definition) is 0. The maximum Gasteiger partial charge on any atom is 0.366 e. The van der Waals surface area contributed by atoms with Gasteiger partial charge in [-0.15, -0.1) is 0 Å². The number of benzene rings is 1. The van der Waals surface area contributed by atoms with Crippen molar-refractivity contribution in [3.8, 4) is 5.75 Å². The van der Waals surface area contributed by atoms with Gasteiger partial charge in [0.05, 0.1) is 0 Å². The zero-order chi connectivity index (χ0) is 14.8. The van der Waals surface area contributed by atoms with Crippen molar-refractivity contribution in [3.63, 3.8) is 0 Å². The van der Waals surface area contributed by atoms with E-state index in [2.05, 4.69) is 4.98 Å². The van der Waals surface area contributed by atoms with Crippen LogP contribution in [0.2, 0.25) is 0 Å². The molecule has 2 aromatic rings. The molecule has 0 saturated heterocycles. The molecule has 0 spiro atoms. The minimum absolute atomic E-state index is 0.102. The number of fused-ring (bicyclic) bond motifs is 1. The Balaban J connectivity index is 1.91. The summed E-state index contributed by atoms with van der Waals surface area (Å²) in [6.45, 7) is 1.88. The molecule has 0 atom stereocenters. The molecule has 21 heavy (non-hydrogen) atoms. The van der Waals surface area contributed by atoms with Gasteiger partial charge in [0.15, 0.2) is 17.9 Å². The fraction of sp³-hybridized carbons (Fsp3) is 0.312. The highest BCUT2D eigenvalue weighted by Gasteiger charge is 2.23. The summed E-state index contributed by atoms with van der Waals surface area (Å²) in [5.74, 6) is 0.494. The van der Waals surface area contributed by atoms with Crippen molar-refractivity contribution in [1.82, 2.24) is 4.98 Å². The first kappa shape index (κ1) is 13.5. The smallest absolute Gasteiger partial charge is 0.366 e. The van der Waals surface area contributed by atoms with Gasteiger partial charge in [0.1, 0.15) is 11.5 Å². The van der Waals surface area contributed by atoms with Crippen molar-refractivity contribution < 1.29 is 18.7 Å². The third-order valence-corrected chi connectivity index (χ3v) is 3.62. The summed E-state index contributed by atoms with van der Waals surface area (Å²) in [6.07, 6.45) is 3.87. The van der Waals surface area contributed by atoms with Crippen LogP contribution in [0.25, 0.3) is 0 Å². The molecule has 0 fully saturated rings. The minimum Gasteiger partial charge on any atom is -0.448 e. The molecular weight excluding hydrogens is 270 g/mol. The summed E-state index contributed by atoms with van der Waals surface area (Å²) < 4.78 is 10.6. The summed E-state index contributed by atoms with van der Waals surface area (Å²) in [7, 11) is 0. The number of ether oxygens (including phenoxy) is 1. The van der Waals surface area contributed by atoms with Crippen molar-refractivity contribution >= 4 is 11.8 Å². The molecule has 5 heteroatoms. The Morgan fingerprint density at radius 2 is 2.24 bits per heavy atom. The first-order valence-electron chi connectivity index (χ1n) is 7.00. The molecule has 0 unspecified atom stereocenters. The lowest BCUT2D eigenvalue weighted by atomic mass is 9.90. The van der Waals surface area contributed by atoms with E-state index in [1.54, 1.807) is 18.2 Å². The van der Waals surface area contributed by atoms with Crippen LogP contribution in [0.15, 0.2) is 29.0 Å². The van der Waals surface area contributed by atoms with Gasteiger partial charge in [-0.1, -0.05) is 19.1 Å². The third-order valence-electron chi connectivity index (χ3n) is 3.62. The average Bonchev–Trinajstić information content (AvgIpc) is 2.97. The number of rotatable bonds is 3. The van der Waals surface area contributed by atoms with E-state index in [4.69, 9.17) is 9.15 Å². The lowest BCUT2D eigenvalue weighted by molar-refractivity contribution is 0.0723. The number of carbonyl (C=O) groups excluding carboxylic acids is 2. The Morgan fingerprint density at radius 1 is 1.38 bits per heavy atom. The van der Waals surface area contributed by atoms with Gasteiger partial charge in [-0.2, -0.15) is 0 Å². The highest BCUT2D eigenvalue weighted by molar-refractivity contribution is 5.99. The molecule has 0 amide bonds. The van der Waals surface area contributed by atoms with Crippen LogP contribution >= 0.6 is 0 Å². The monoisotopic (exact) mass is 285 g/mol. The number of ketones is 1. The van der Waals surface area contributed by atoms with Crippen LogP contribution < -0.4 is 4.74 Å². The Bertz CT molecular complexity index is 702. The number of aromatic nitrogens is 1. The normalized spacial score (nSPS) is 13.9. The molecule has 0 aliphatic heterocycles. The van der Waals surface area contributed by atoms with E-state index in [-0.39, 0.29) is 11.5 Å². The number of oxazole rings is 1. The van der Waals surface area contributed by atoms with Crippen molar-refractivity contribution in [1.29, 1.82) is 0 Å². The summed E-state index contributed by atoms with van der Waals surface area (Å²) in [5.41, 5.74) is 1.66. The number of carbonyl (C=O) groups is 2. The predicted octanol–water partition coefficient (Wildman–Crippen LogP) is 2.98. The molecule has 108 valence electrons. The number of Topliss-reactive ketones (excluding diaryl/α,β-unsaturated/α-hetero) is 1. The van der Waals surface area contributed by atoms with Gasteiger partial charge >= 0.3 is 5.97 Å². The summed E-state index contributed by atoms with van der Waals surface area (Å²) >= 11 is 0. The highest BCUT2D eigenvalue weighted by atomic mass is 16.5. The minimum atomic E-state index is -0.549. The lowest BCUT2D eigenvalue weighted by Gasteiger charge is -2.17. The quantitative estimate of drug-likeness (QED) is 0.640. The number of hydrogen-bond acceptors (Lipinski definition) is 5. The standard InChI is InChI=1S/C16H15NO4/c1-2-13-15(17-9-20-13)16(19)21-14-8-4-5-10-11(14)6-3-7-12(10)18/h4-5,8-9H,2-3,6-7H2,1H3. The topological polar surface area (TPSA) is 69.4 Å². The number of nitrogens with zero attached hydrogens (tertiary/aromatic N) is 1. The van der Waals surface area contributed by atoms with Crippen LogP contribution in [-0.4, -0.2) is 16.7 Å². The van der Waals surface area contributed by atoms with Crippen LogP contribution in [0.4, 0.5) is 0 Å². The van der Waals surface area contributed by atoms with Crippen LogP contribution in [0, 0.1) is 0 Å². The summed E-state index contributed by atoms with van der Waals surface area (Å²) in [4.78, 5) is 28.0. The largest absolute Gasteiger partial charge is 0.448 e. The second-order valence-electron chi connectivity index (χ2n) is 4.93. The molecular formula is C16H15NO4.